The Bertz CT molecular complexity index is 454. The van der Waals surface area contributed by atoms with E-state index in [4.69, 9.17) is 4.74 Å². The standard InChI is InChI=1S/C15H22N2O3/c1-11-9-17(10-12(2)20-11)15(19)16-7-6-13-4-3-5-14(18)8-13/h3-5,8,11-12,18H,6-7,9-10H2,1-2H3,(H,16,19)/t11-,12-/m1/s1. The van der Waals surface area contributed by atoms with Crippen LogP contribution < -0.4 is 5.32 Å². The highest BCUT2D eigenvalue weighted by Gasteiger charge is 2.25. The third-order valence-corrected chi connectivity index (χ3v) is 3.31. The van der Waals surface area contributed by atoms with Crippen molar-refractivity contribution < 1.29 is 14.6 Å². The second-order valence-corrected chi connectivity index (χ2v) is 5.31. The number of phenols is 1. The molecule has 110 valence electrons. The molecule has 1 aliphatic rings. The number of aromatic hydroxyl groups is 1. The van der Waals surface area contributed by atoms with Gasteiger partial charge < -0.3 is 20.1 Å². The van der Waals surface area contributed by atoms with Gasteiger partial charge in [-0.1, -0.05) is 12.1 Å². The number of nitrogens with zero attached hydrogens (tertiary/aromatic N) is 1. The minimum atomic E-state index is -0.0489. The summed E-state index contributed by atoms with van der Waals surface area (Å²) < 4.78 is 5.60. The predicted octanol–water partition coefficient (Wildman–Crippen LogP) is 1.75. The maximum absolute atomic E-state index is 12.1. The Balaban J connectivity index is 1.77. The van der Waals surface area contributed by atoms with Crippen LogP contribution in [0.15, 0.2) is 24.3 Å². The molecular formula is C15H22N2O3. The fourth-order valence-electron chi connectivity index (χ4n) is 2.48. The van der Waals surface area contributed by atoms with E-state index in [1.807, 2.05) is 19.9 Å². The molecule has 1 fully saturated rings. The highest BCUT2D eigenvalue weighted by Crippen LogP contribution is 2.12. The summed E-state index contributed by atoms with van der Waals surface area (Å²) in [6, 6.07) is 7.04. The van der Waals surface area contributed by atoms with Crippen molar-refractivity contribution in [3.8, 4) is 5.75 Å². The Morgan fingerprint density at radius 2 is 2.10 bits per heavy atom. The van der Waals surface area contributed by atoms with E-state index in [2.05, 4.69) is 5.32 Å². The van der Waals surface area contributed by atoms with E-state index in [1.165, 1.54) is 0 Å². The molecule has 1 saturated heterocycles. The number of nitrogens with one attached hydrogen (secondary N) is 1. The first-order valence-corrected chi connectivity index (χ1v) is 7.00. The molecule has 1 aromatic carbocycles. The van der Waals surface area contributed by atoms with E-state index in [0.717, 1.165) is 5.56 Å². The number of hydrogen-bond acceptors (Lipinski definition) is 3. The summed E-state index contributed by atoms with van der Waals surface area (Å²) >= 11 is 0. The number of amides is 2. The fraction of sp³-hybridized carbons (Fsp3) is 0.533. The van der Waals surface area contributed by atoms with Gasteiger partial charge in [0.05, 0.1) is 12.2 Å². The van der Waals surface area contributed by atoms with Crippen molar-refractivity contribution in [3.63, 3.8) is 0 Å². The molecule has 0 aliphatic carbocycles. The van der Waals surface area contributed by atoms with Crippen LogP contribution in [-0.2, 0) is 11.2 Å². The van der Waals surface area contributed by atoms with Gasteiger partial charge in [0.15, 0.2) is 0 Å². The molecule has 2 rings (SSSR count). The average Bonchev–Trinajstić information content (AvgIpc) is 2.37. The zero-order chi connectivity index (χ0) is 14.5. The van der Waals surface area contributed by atoms with Gasteiger partial charge in [-0.25, -0.2) is 4.79 Å². The van der Waals surface area contributed by atoms with Crippen molar-refractivity contribution in [2.75, 3.05) is 19.6 Å². The summed E-state index contributed by atoms with van der Waals surface area (Å²) in [5.41, 5.74) is 1.01. The van der Waals surface area contributed by atoms with Gasteiger partial charge in [0, 0.05) is 19.6 Å². The third-order valence-electron chi connectivity index (χ3n) is 3.31. The highest BCUT2D eigenvalue weighted by atomic mass is 16.5. The first-order chi connectivity index (χ1) is 9.54. The molecular weight excluding hydrogens is 256 g/mol. The number of morpholine rings is 1. The molecule has 1 aromatic rings. The molecule has 0 saturated carbocycles. The minimum absolute atomic E-state index is 0.0489. The molecule has 0 bridgehead atoms. The number of benzene rings is 1. The van der Waals surface area contributed by atoms with Crippen LogP contribution in [0.4, 0.5) is 4.79 Å². The summed E-state index contributed by atoms with van der Waals surface area (Å²) in [5.74, 6) is 0.254. The van der Waals surface area contributed by atoms with E-state index in [-0.39, 0.29) is 24.0 Å². The summed E-state index contributed by atoms with van der Waals surface area (Å²) in [7, 11) is 0. The molecule has 20 heavy (non-hydrogen) atoms. The van der Waals surface area contributed by atoms with Gasteiger partial charge in [0.25, 0.3) is 0 Å². The first-order valence-electron chi connectivity index (χ1n) is 7.00. The molecule has 1 aliphatic heterocycles. The van der Waals surface area contributed by atoms with E-state index in [9.17, 15) is 9.90 Å². The Hall–Kier alpha value is -1.75. The van der Waals surface area contributed by atoms with Crippen molar-refractivity contribution in [3.05, 3.63) is 29.8 Å². The van der Waals surface area contributed by atoms with Crippen LogP contribution >= 0.6 is 0 Å². The number of carbonyl (C=O) groups excluding carboxylic acids is 1. The summed E-state index contributed by atoms with van der Waals surface area (Å²) in [6.45, 7) is 5.76. The van der Waals surface area contributed by atoms with Crippen molar-refractivity contribution in [1.82, 2.24) is 10.2 Å². The lowest BCUT2D eigenvalue weighted by atomic mass is 10.1. The lowest BCUT2D eigenvalue weighted by Gasteiger charge is -2.35. The summed E-state index contributed by atoms with van der Waals surface area (Å²) in [4.78, 5) is 13.8. The zero-order valence-corrected chi connectivity index (χ0v) is 12.0. The number of urea groups is 1. The number of rotatable bonds is 3. The monoisotopic (exact) mass is 278 g/mol. The van der Waals surface area contributed by atoms with E-state index < -0.39 is 0 Å². The smallest absolute Gasteiger partial charge is 0.317 e. The lowest BCUT2D eigenvalue weighted by Crippen LogP contribution is -2.51. The summed E-state index contributed by atoms with van der Waals surface area (Å²) in [5, 5.41) is 12.3. The summed E-state index contributed by atoms with van der Waals surface area (Å²) in [6.07, 6.45) is 0.862. The first kappa shape index (κ1) is 14.7. The van der Waals surface area contributed by atoms with E-state index >= 15 is 0 Å². The Morgan fingerprint density at radius 3 is 2.75 bits per heavy atom. The number of phenolic OH excluding ortho intramolecular Hbond substituents is 1. The van der Waals surface area contributed by atoms with E-state index in [0.29, 0.717) is 26.1 Å². The van der Waals surface area contributed by atoms with Crippen LogP contribution in [0.25, 0.3) is 0 Å². The Morgan fingerprint density at radius 1 is 1.40 bits per heavy atom. The van der Waals surface area contributed by atoms with Gasteiger partial charge in [0.1, 0.15) is 5.75 Å². The molecule has 5 nitrogen and oxygen atoms in total. The largest absolute Gasteiger partial charge is 0.508 e. The van der Waals surface area contributed by atoms with Crippen LogP contribution in [0.1, 0.15) is 19.4 Å². The maximum atomic E-state index is 12.1. The van der Waals surface area contributed by atoms with Gasteiger partial charge in [-0.3, -0.25) is 0 Å². The topological polar surface area (TPSA) is 61.8 Å². The van der Waals surface area contributed by atoms with Gasteiger partial charge in [0.2, 0.25) is 0 Å². The third kappa shape index (κ3) is 4.13. The van der Waals surface area contributed by atoms with E-state index in [1.54, 1.807) is 23.1 Å². The van der Waals surface area contributed by atoms with Crippen LogP contribution in [0, 0.1) is 0 Å². The molecule has 5 heteroatoms. The SMILES string of the molecule is C[C@@H]1CN(C(=O)NCCc2cccc(O)c2)C[C@@H](C)O1. The van der Waals surface area contributed by atoms with Crippen LogP contribution in [-0.4, -0.2) is 47.9 Å². The number of ether oxygens (including phenoxy) is 1. The van der Waals surface area contributed by atoms with Gasteiger partial charge >= 0.3 is 6.03 Å². The highest BCUT2D eigenvalue weighted by molar-refractivity contribution is 5.74. The molecule has 1 heterocycles. The average molecular weight is 278 g/mol. The van der Waals surface area contributed by atoms with Gasteiger partial charge in [-0.05, 0) is 38.0 Å². The molecule has 2 atom stereocenters. The van der Waals surface area contributed by atoms with Crippen molar-refractivity contribution in [2.45, 2.75) is 32.5 Å². The molecule has 0 radical (unpaired) electrons. The van der Waals surface area contributed by atoms with Gasteiger partial charge in [-0.2, -0.15) is 0 Å². The Labute approximate surface area is 119 Å². The van der Waals surface area contributed by atoms with Crippen molar-refractivity contribution in [2.24, 2.45) is 0 Å². The molecule has 2 amide bonds. The second kappa shape index (κ2) is 6.61. The Kier molecular flexibility index (Phi) is 4.84. The quantitative estimate of drug-likeness (QED) is 0.885. The number of carbonyl (C=O) groups is 1. The molecule has 0 unspecified atom stereocenters. The lowest BCUT2D eigenvalue weighted by molar-refractivity contribution is -0.0544. The van der Waals surface area contributed by atoms with Crippen LogP contribution in [0.5, 0.6) is 5.75 Å². The maximum Gasteiger partial charge on any atom is 0.317 e. The molecule has 0 spiro atoms. The predicted molar refractivity (Wildman–Crippen MR) is 76.8 cm³/mol. The van der Waals surface area contributed by atoms with Crippen molar-refractivity contribution >= 4 is 6.03 Å². The van der Waals surface area contributed by atoms with Gasteiger partial charge in [-0.15, -0.1) is 0 Å². The number of hydrogen-bond donors (Lipinski definition) is 2. The normalized spacial score (nSPS) is 22.6. The minimum Gasteiger partial charge on any atom is -0.508 e. The van der Waals surface area contributed by atoms with Crippen molar-refractivity contribution in [1.29, 1.82) is 0 Å². The molecule has 2 N–H and O–H groups in total. The zero-order valence-electron chi connectivity index (χ0n) is 12.0. The second-order valence-electron chi connectivity index (χ2n) is 5.31. The fourth-order valence-corrected chi connectivity index (χ4v) is 2.48. The van der Waals surface area contributed by atoms with Crippen LogP contribution in [0.2, 0.25) is 0 Å². The van der Waals surface area contributed by atoms with Crippen LogP contribution in [0.3, 0.4) is 0 Å². The molecule has 0 aromatic heterocycles.